The molecule has 0 aromatic rings. The van der Waals surface area contributed by atoms with Gasteiger partial charge in [0.05, 0.1) is 26.4 Å². The van der Waals surface area contributed by atoms with Crippen molar-refractivity contribution >= 4 is 39.5 Å². The highest BCUT2D eigenvalue weighted by Gasteiger charge is 2.30. The molecule has 0 radical (unpaired) electrons. The van der Waals surface area contributed by atoms with Gasteiger partial charge in [-0.05, 0) is 43.4 Å². The summed E-state index contributed by atoms with van der Waals surface area (Å²) in [6.45, 7) is 11.8. The van der Waals surface area contributed by atoms with Gasteiger partial charge in [-0.2, -0.15) is 0 Å². The normalized spacial score (nSPS) is 14.2. The van der Waals surface area contributed by atoms with Gasteiger partial charge in [0.2, 0.25) is 0 Å². The third-order valence-electron chi connectivity index (χ3n) is 16.4. The number of hydrogen-bond acceptors (Lipinski definition) is 15. The van der Waals surface area contributed by atoms with E-state index in [1.165, 1.54) is 167 Å². The summed E-state index contributed by atoms with van der Waals surface area (Å²) in [5.41, 5.74) is 0. The molecule has 0 spiro atoms. The first-order valence-electron chi connectivity index (χ1n) is 36.8. The van der Waals surface area contributed by atoms with E-state index in [0.717, 1.165) is 108 Å². The molecule has 0 bridgehead atoms. The maximum Gasteiger partial charge on any atom is 0.472 e. The van der Waals surface area contributed by atoms with Crippen LogP contribution in [-0.2, 0) is 65.4 Å². The van der Waals surface area contributed by atoms with Crippen LogP contribution in [0.2, 0.25) is 0 Å². The van der Waals surface area contributed by atoms with Gasteiger partial charge in [0, 0.05) is 25.7 Å². The number of aliphatic hydroxyl groups is 1. The molecule has 90 heavy (non-hydrogen) atoms. The fourth-order valence-corrected chi connectivity index (χ4v) is 12.3. The number of rotatable bonds is 69. The summed E-state index contributed by atoms with van der Waals surface area (Å²) in [6.07, 6.45) is 45.7. The zero-order valence-electron chi connectivity index (χ0n) is 58.6. The number of phosphoric ester groups is 2. The first kappa shape index (κ1) is 88.1. The Bertz CT molecular complexity index is 1770. The molecule has 0 aliphatic carbocycles. The lowest BCUT2D eigenvalue weighted by Crippen LogP contribution is -2.30. The summed E-state index contributed by atoms with van der Waals surface area (Å²) >= 11 is 0. The maximum absolute atomic E-state index is 13.0. The van der Waals surface area contributed by atoms with Crippen molar-refractivity contribution in [3.8, 4) is 0 Å². The lowest BCUT2D eigenvalue weighted by Gasteiger charge is -2.21. The van der Waals surface area contributed by atoms with Crippen LogP contribution in [0.4, 0.5) is 0 Å². The molecule has 5 atom stereocenters. The molecule has 0 aromatic heterocycles. The predicted octanol–water partition coefficient (Wildman–Crippen LogP) is 20.2. The van der Waals surface area contributed by atoms with E-state index in [4.69, 9.17) is 37.0 Å². The van der Waals surface area contributed by atoms with Crippen LogP contribution >= 0.6 is 15.6 Å². The smallest absolute Gasteiger partial charge is 0.462 e. The topological polar surface area (TPSA) is 237 Å². The molecule has 0 saturated heterocycles. The number of phosphoric acid groups is 2. The number of carbonyl (C=O) groups excluding carboxylic acids is 4. The molecule has 0 amide bonds. The van der Waals surface area contributed by atoms with Crippen LogP contribution in [-0.4, -0.2) is 96.7 Å². The number of unbranched alkanes of at least 4 members (excludes halogenated alkanes) is 37. The fourth-order valence-electron chi connectivity index (χ4n) is 10.7. The van der Waals surface area contributed by atoms with Gasteiger partial charge in [-0.1, -0.05) is 305 Å². The zero-order valence-corrected chi connectivity index (χ0v) is 60.4. The number of aliphatic hydroxyl groups excluding tert-OH is 1. The van der Waals surface area contributed by atoms with Gasteiger partial charge in [-0.3, -0.25) is 37.3 Å². The first-order chi connectivity index (χ1) is 43.2. The minimum atomic E-state index is -4.95. The van der Waals surface area contributed by atoms with Crippen molar-refractivity contribution in [1.82, 2.24) is 0 Å². The number of esters is 4. The lowest BCUT2D eigenvalue weighted by atomic mass is 10.0. The second kappa shape index (κ2) is 61.9. The summed E-state index contributed by atoms with van der Waals surface area (Å²) in [6, 6.07) is 0. The fraction of sp³-hybridized carbons (Fsp3) is 0.944. The van der Waals surface area contributed by atoms with E-state index < -0.39 is 97.5 Å². The average Bonchev–Trinajstić information content (AvgIpc) is 2.37. The molecule has 0 rings (SSSR count). The van der Waals surface area contributed by atoms with E-state index in [9.17, 15) is 43.2 Å². The molecule has 0 heterocycles. The molecular weight excluding hydrogens is 1190 g/mol. The Morgan fingerprint density at radius 2 is 0.511 bits per heavy atom. The van der Waals surface area contributed by atoms with Gasteiger partial charge >= 0.3 is 39.5 Å². The molecule has 0 saturated carbocycles. The average molecular weight is 1330 g/mol. The first-order valence-corrected chi connectivity index (χ1v) is 39.8. The number of carbonyl (C=O) groups is 4. The molecule has 2 unspecified atom stereocenters. The van der Waals surface area contributed by atoms with Crippen molar-refractivity contribution in [2.45, 2.75) is 375 Å². The molecule has 3 N–H and O–H groups in total. The Kier molecular flexibility index (Phi) is 60.6. The maximum atomic E-state index is 13.0. The second-order valence-electron chi connectivity index (χ2n) is 27.1. The highest BCUT2D eigenvalue weighted by atomic mass is 31.2. The quantitative estimate of drug-likeness (QED) is 0.0222. The van der Waals surface area contributed by atoms with Crippen molar-refractivity contribution < 1.29 is 80.2 Å². The van der Waals surface area contributed by atoms with Gasteiger partial charge < -0.3 is 33.8 Å². The summed E-state index contributed by atoms with van der Waals surface area (Å²) in [4.78, 5) is 72.6. The van der Waals surface area contributed by atoms with Crippen molar-refractivity contribution in [1.29, 1.82) is 0 Å². The van der Waals surface area contributed by atoms with Crippen LogP contribution < -0.4 is 0 Å². The van der Waals surface area contributed by atoms with Gasteiger partial charge in [0.25, 0.3) is 0 Å². The molecule has 0 aromatic carbocycles. The predicted molar refractivity (Wildman–Crippen MR) is 363 cm³/mol. The standard InChI is InChI=1S/C71H138O17P2/c1-8-9-10-11-12-13-14-15-16-24-31-38-45-52-68(73)81-58-66(87-70(75)54-47-40-33-25-18-17-21-28-35-42-49-62(2)3)60-85-89(77,78)83-56-65(72)57-84-90(79,80)86-61-67(88-71(76)55-48-41-34-27-20-23-30-37-44-51-64(6)7)59-82-69(74)53-46-39-32-26-19-22-29-36-43-50-63(4)5/h62-67,72H,8-61H2,1-7H3,(H,77,78)(H,79,80)/t65-,66-,67-/m1/s1. The molecule has 0 aliphatic rings. The largest absolute Gasteiger partial charge is 0.472 e. The highest BCUT2D eigenvalue weighted by Crippen LogP contribution is 2.45. The van der Waals surface area contributed by atoms with E-state index in [-0.39, 0.29) is 25.7 Å². The molecule has 0 aliphatic heterocycles. The molecular formula is C71H138O17P2. The summed E-state index contributed by atoms with van der Waals surface area (Å²) in [7, 11) is -9.90. The van der Waals surface area contributed by atoms with Crippen LogP contribution in [0.15, 0.2) is 0 Å². The van der Waals surface area contributed by atoms with Crippen molar-refractivity contribution in [3.63, 3.8) is 0 Å². The van der Waals surface area contributed by atoms with Crippen LogP contribution in [0.3, 0.4) is 0 Å². The minimum absolute atomic E-state index is 0.105. The third-order valence-corrected chi connectivity index (χ3v) is 18.3. The Morgan fingerprint density at radius 3 is 0.756 bits per heavy atom. The monoisotopic (exact) mass is 1320 g/mol. The SMILES string of the molecule is CCCCCCCCCCCCCCCC(=O)OC[C@H](COP(=O)(O)OC[C@@H](O)COP(=O)(O)OC[C@@H](COC(=O)CCCCCCCCCCCC(C)C)OC(=O)CCCCCCCCCCCC(C)C)OC(=O)CCCCCCCCCCCCC(C)C. The van der Waals surface area contributed by atoms with Crippen LogP contribution in [0.5, 0.6) is 0 Å². The van der Waals surface area contributed by atoms with Gasteiger partial charge in [-0.15, -0.1) is 0 Å². The van der Waals surface area contributed by atoms with E-state index in [1.54, 1.807) is 0 Å². The van der Waals surface area contributed by atoms with Crippen LogP contribution in [0, 0.1) is 17.8 Å². The van der Waals surface area contributed by atoms with Crippen molar-refractivity contribution in [2.75, 3.05) is 39.6 Å². The summed E-state index contributed by atoms with van der Waals surface area (Å²) in [5, 5.41) is 10.6. The lowest BCUT2D eigenvalue weighted by molar-refractivity contribution is -0.161. The Balaban J connectivity index is 5.27. The zero-order chi connectivity index (χ0) is 66.6. The Morgan fingerprint density at radius 1 is 0.300 bits per heavy atom. The minimum Gasteiger partial charge on any atom is -0.462 e. The van der Waals surface area contributed by atoms with Crippen LogP contribution in [0.25, 0.3) is 0 Å². The number of ether oxygens (including phenoxy) is 4. The Labute approximate surface area is 549 Å². The molecule has 19 heteroatoms. The van der Waals surface area contributed by atoms with Crippen molar-refractivity contribution in [3.05, 3.63) is 0 Å². The third kappa shape index (κ3) is 64.8. The van der Waals surface area contributed by atoms with E-state index in [2.05, 4.69) is 48.5 Å². The summed E-state index contributed by atoms with van der Waals surface area (Å²) < 4.78 is 68.3. The molecule has 17 nitrogen and oxygen atoms in total. The van der Waals surface area contributed by atoms with E-state index >= 15 is 0 Å². The summed E-state index contributed by atoms with van der Waals surface area (Å²) in [5.74, 6) is 0.108. The van der Waals surface area contributed by atoms with Crippen LogP contribution in [0.1, 0.15) is 357 Å². The highest BCUT2D eigenvalue weighted by molar-refractivity contribution is 7.47. The molecule has 534 valence electrons. The van der Waals surface area contributed by atoms with Gasteiger partial charge in [0.1, 0.15) is 19.3 Å². The van der Waals surface area contributed by atoms with Gasteiger partial charge in [-0.25, -0.2) is 9.13 Å². The molecule has 0 fully saturated rings. The van der Waals surface area contributed by atoms with E-state index in [1.807, 2.05) is 0 Å². The van der Waals surface area contributed by atoms with Gasteiger partial charge in [0.15, 0.2) is 12.2 Å². The van der Waals surface area contributed by atoms with E-state index in [0.29, 0.717) is 25.7 Å². The Hall–Kier alpha value is -1.94. The number of hydrogen-bond donors (Lipinski definition) is 3. The van der Waals surface area contributed by atoms with Crippen molar-refractivity contribution in [2.24, 2.45) is 17.8 Å². The second-order valence-corrected chi connectivity index (χ2v) is 30.0.